The number of unbranched alkanes of at least 4 members (excludes halogenated alkanes) is 1. The Kier molecular flexibility index (Phi) is 34.1. The number of carbonyl (C=O) groups is 14. The van der Waals surface area contributed by atoms with Crippen LogP contribution in [0.1, 0.15) is 115 Å². The first-order valence-electron chi connectivity index (χ1n) is 37.1. The molecule has 0 spiro atoms. The number of rotatable bonds is 42. The molecule has 6 aromatic rings. The Labute approximate surface area is 654 Å². The van der Waals surface area contributed by atoms with Crippen molar-refractivity contribution in [2.45, 2.75) is 186 Å². The molecule has 10 atom stereocenters. The first-order chi connectivity index (χ1) is 53.4. The monoisotopic (exact) mass is 1560 g/mol. The number of halogens is 1. The number of aliphatic hydroxyl groups excluding tert-OH is 1. The zero-order valence-corrected chi connectivity index (χ0v) is 64.3. The minimum atomic E-state index is -1.87. The van der Waals surface area contributed by atoms with E-state index >= 15 is 9.59 Å². The first-order valence-corrected chi connectivity index (χ1v) is 37.4. The fourth-order valence-corrected chi connectivity index (χ4v) is 12.9. The number of carboxylic acid groups (broad SMARTS) is 1. The van der Waals surface area contributed by atoms with Gasteiger partial charge in [-0.3, -0.25) is 67.3 Å². The van der Waals surface area contributed by atoms with Gasteiger partial charge < -0.3 is 84.2 Å². The fourth-order valence-electron chi connectivity index (χ4n) is 12.7. The van der Waals surface area contributed by atoms with Crippen LogP contribution in [-0.4, -0.2) is 190 Å². The Morgan fingerprint density at radius 3 is 1.44 bits per heavy atom. The molecule has 15 N–H and O–H groups in total. The van der Waals surface area contributed by atoms with Gasteiger partial charge in [-0.2, -0.15) is 0 Å². The lowest BCUT2D eigenvalue weighted by atomic mass is 9.99. The van der Waals surface area contributed by atoms with Crippen molar-refractivity contribution < 1.29 is 77.3 Å². The van der Waals surface area contributed by atoms with Crippen molar-refractivity contribution in [1.29, 1.82) is 0 Å². The highest BCUT2D eigenvalue weighted by Gasteiger charge is 2.41. The van der Waals surface area contributed by atoms with E-state index in [4.69, 9.17) is 11.6 Å². The Morgan fingerprint density at radius 1 is 0.509 bits per heavy atom. The number of benzene rings is 5. The second-order valence-electron chi connectivity index (χ2n) is 28.3. The number of hydrogen-bond donors (Lipinski definition) is 15. The van der Waals surface area contributed by atoms with Gasteiger partial charge in [0.2, 0.25) is 83.5 Å². The van der Waals surface area contributed by atoms with Crippen LogP contribution in [0.15, 0.2) is 140 Å². The van der Waals surface area contributed by atoms with E-state index in [1.54, 1.807) is 86.6 Å². The van der Waals surface area contributed by atoms with Gasteiger partial charge in [-0.25, -0.2) is 4.79 Å². The van der Waals surface area contributed by atoms with E-state index in [1.807, 2.05) is 61.6 Å². The van der Waals surface area contributed by atoms with Crippen molar-refractivity contribution in [1.82, 2.24) is 68.4 Å². The van der Waals surface area contributed by atoms with Gasteiger partial charge in [0.05, 0.1) is 6.61 Å². The van der Waals surface area contributed by atoms with Crippen LogP contribution in [0, 0.1) is 5.92 Å². The molecular weight excluding hydrogens is 1460 g/mol. The predicted octanol–water partition coefficient (Wildman–Crippen LogP) is 2.69. The number of fused-ring (bicyclic) bond motifs is 1. The zero-order valence-electron chi connectivity index (χ0n) is 63.6. The van der Waals surface area contributed by atoms with Crippen molar-refractivity contribution >= 4 is 117 Å². The number of carboxylic acids is 1. The summed E-state index contributed by atoms with van der Waals surface area (Å²) in [4.78, 5) is 198. The van der Waals surface area contributed by atoms with Crippen molar-refractivity contribution in [2.24, 2.45) is 5.92 Å². The standard InChI is InChI=1S/C80H100ClN15O16/c1-46(2)36-62(71(102)88-61(17-10-11-34-83-47(3)4)79(110)96-35-13-18-69(96)78(109)95-70(80(111)112)84-45-98)89-73(104)65(39-52-22-29-59(30-23-52)85-48(5)99)91-75(106)66(40-53-24-31-60(32-25-53)86-49(6)100)93-77(108)68(44-97)94-76(107)67(42-55-14-12-33-82-43-55)92-74(105)64(38-51-20-27-58(81)28-21-51)90-72(103)63(87-50(7)101)41-54-19-26-56-15-8-9-16-57(56)37-54/h8-9,12,14-16,19-33,37,43,45-47,61-70,83,97H,10-11,13,17-18,34-36,38-42,44H2,1-7H3,(H,84,98)(H,85,99)(H,86,100)(H,87,101)(H,88,102)(H,89,104)(H,90,103)(H,91,106)(H,92,105)(H,93,108)(H,94,107)(H,95,109)(H,111,112)/t61-,62-,63+,64+,65+,66-,67+,68-,69-,70-/m0/s1. The summed E-state index contributed by atoms with van der Waals surface area (Å²) < 4.78 is 0. The molecule has 32 heteroatoms. The zero-order chi connectivity index (χ0) is 81.6. The van der Waals surface area contributed by atoms with Crippen LogP contribution in [0.5, 0.6) is 0 Å². The summed E-state index contributed by atoms with van der Waals surface area (Å²) in [7, 11) is 0. The molecular formula is C80H100ClN15O16. The summed E-state index contributed by atoms with van der Waals surface area (Å²) in [6.45, 7) is 10.9. The maximum atomic E-state index is 15.3. The van der Waals surface area contributed by atoms with Crippen LogP contribution in [0.25, 0.3) is 10.8 Å². The quantitative estimate of drug-likeness (QED) is 0.0149. The molecule has 13 amide bonds. The third-order valence-corrected chi connectivity index (χ3v) is 18.5. The molecule has 1 aliphatic rings. The molecule has 7 rings (SSSR count). The highest BCUT2D eigenvalue weighted by Crippen LogP contribution is 2.23. The highest BCUT2D eigenvalue weighted by molar-refractivity contribution is 6.30. The smallest absolute Gasteiger partial charge is 0.347 e. The topological polar surface area (TPSA) is 452 Å². The number of carbonyl (C=O) groups excluding carboxylic acids is 13. The number of amides is 13. The largest absolute Gasteiger partial charge is 0.478 e. The SMILES string of the molecule is CC(=O)Nc1ccc(C[C@H](NC(=O)[C@H](CO)NC(=O)[C@@H](Cc2cccnc2)NC(=O)[C@@H](Cc2ccc(Cl)cc2)NC(=O)[C@@H](Cc2ccc3ccccc3c2)NC(C)=O)C(=O)N[C@H](Cc2ccc(NC(C)=O)cc2)C(=O)N[C@@H](CC(C)C)C(=O)N[C@@H](CCCCNC(C)C)C(=O)N2CCC[C@H]2C(=O)N[C@H](NC=O)C(=O)O)cc1. The van der Waals surface area contributed by atoms with Crippen LogP contribution in [0.2, 0.25) is 5.02 Å². The third-order valence-electron chi connectivity index (χ3n) is 18.3. The number of likely N-dealkylation sites (tertiary alicyclic amines) is 1. The van der Waals surface area contributed by atoms with E-state index in [9.17, 15) is 67.7 Å². The molecule has 2 heterocycles. The lowest BCUT2D eigenvalue weighted by molar-refractivity contribution is -0.146. The summed E-state index contributed by atoms with van der Waals surface area (Å²) in [6, 6.07) is 22.2. The van der Waals surface area contributed by atoms with E-state index in [-0.39, 0.29) is 88.1 Å². The van der Waals surface area contributed by atoms with Crippen molar-refractivity contribution in [3.05, 3.63) is 173 Å². The minimum absolute atomic E-state index is 0.0191. The molecule has 0 unspecified atom stereocenters. The highest BCUT2D eigenvalue weighted by atomic mass is 35.5. The third kappa shape index (κ3) is 28.3. The first kappa shape index (κ1) is 87.5. The van der Waals surface area contributed by atoms with Crippen molar-refractivity contribution in [3.63, 3.8) is 0 Å². The summed E-state index contributed by atoms with van der Waals surface area (Å²) >= 11 is 6.26. The molecule has 112 heavy (non-hydrogen) atoms. The lowest BCUT2D eigenvalue weighted by Gasteiger charge is -2.31. The molecule has 1 saturated heterocycles. The Bertz CT molecular complexity index is 4270. The number of pyridine rings is 1. The van der Waals surface area contributed by atoms with E-state index in [0.717, 1.165) is 10.8 Å². The van der Waals surface area contributed by atoms with Crippen molar-refractivity contribution in [3.8, 4) is 0 Å². The second-order valence-corrected chi connectivity index (χ2v) is 28.7. The van der Waals surface area contributed by atoms with E-state index < -0.39 is 132 Å². The molecule has 598 valence electrons. The lowest BCUT2D eigenvalue weighted by Crippen LogP contribution is -2.62. The van der Waals surface area contributed by atoms with Crippen LogP contribution in [-0.2, 0) is 99.2 Å². The average molecular weight is 1560 g/mol. The van der Waals surface area contributed by atoms with E-state index in [2.05, 4.69) is 68.8 Å². The van der Waals surface area contributed by atoms with E-state index in [0.29, 0.717) is 70.0 Å². The number of anilines is 2. The number of aliphatic carboxylic acids is 1. The Morgan fingerprint density at radius 2 is 0.964 bits per heavy atom. The van der Waals surface area contributed by atoms with Gasteiger partial charge in [-0.05, 0) is 132 Å². The van der Waals surface area contributed by atoms with Crippen LogP contribution in [0.4, 0.5) is 11.4 Å². The molecule has 0 aliphatic carbocycles. The second kappa shape index (κ2) is 43.6. The molecule has 0 radical (unpaired) electrons. The maximum Gasteiger partial charge on any atom is 0.347 e. The summed E-state index contributed by atoms with van der Waals surface area (Å²) in [5, 5.41) is 57.6. The molecule has 0 saturated carbocycles. The minimum Gasteiger partial charge on any atom is -0.478 e. The molecule has 5 aromatic carbocycles. The van der Waals surface area contributed by atoms with Gasteiger partial charge >= 0.3 is 5.97 Å². The summed E-state index contributed by atoms with van der Waals surface area (Å²) in [5.41, 5.74) is 3.24. The molecule has 1 aromatic heterocycles. The van der Waals surface area contributed by atoms with Crippen molar-refractivity contribution in [2.75, 3.05) is 30.3 Å². The molecule has 0 bridgehead atoms. The average Bonchev–Trinajstić information content (AvgIpc) is 1.25. The van der Waals surface area contributed by atoms with Crippen LogP contribution in [0.3, 0.4) is 0 Å². The molecule has 1 aliphatic heterocycles. The van der Waals surface area contributed by atoms with Gasteiger partial charge in [0.1, 0.15) is 54.4 Å². The van der Waals surface area contributed by atoms with Gasteiger partial charge in [0, 0.05) is 94.3 Å². The number of hydrogen-bond acceptors (Lipinski definition) is 17. The summed E-state index contributed by atoms with van der Waals surface area (Å²) in [5.74, 6) is -11.2. The normalized spacial score (nSPS) is 14.9. The number of nitrogens with one attached hydrogen (secondary N) is 13. The van der Waals surface area contributed by atoms with Crippen LogP contribution < -0.4 is 69.1 Å². The predicted molar refractivity (Wildman–Crippen MR) is 418 cm³/mol. The maximum absolute atomic E-state index is 15.3. The van der Waals surface area contributed by atoms with E-state index in [1.165, 1.54) is 50.2 Å². The number of aromatic nitrogens is 1. The molecule has 1 fully saturated rings. The Balaban J connectivity index is 1.18. The van der Waals surface area contributed by atoms with Crippen LogP contribution >= 0.6 is 11.6 Å². The van der Waals surface area contributed by atoms with Gasteiger partial charge in [0.15, 0.2) is 0 Å². The Hall–Kier alpha value is -11.7. The number of aliphatic hydroxyl groups is 1. The van der Waals surface area contributed by atoms with Gasteiger partial charge in [0.25, 0.3) is 0 Å². The number of nitrogens with zero attached hydrogens (tertiary/aromatic N) is 2. The van der Waals surface area contributed by atoms with Gasteiger partial charge in [-0.1, -0.05) is 124 Å². The fraction of sp³-hybridized carbons (Fsp3) is 0.412. The summed E-state index contributed by atoms with van der Waals surface area (Å²) in [6.07, 6.45) is 1.62. The molecule has 31 nitrogen and oxygen atoms in total. The van der Waals surface area contributed by atoms with Gasteiger partial charge in [-0.15, -0.1) is 0 Å².